The molecule has 0 saturated heterocycles. The standard InChI is InChI=1S/C20H20N2O3/c1-2-25-20(24)17-18(21-13-12-14-8-4-3-5-9-14)15-10-6-7-11-16(15)22-19(17)23/h3-11H,2,12-13H2,1H3,(H2,21,22,23). The maximum Gasteiger partial charge on any atom is 0.345 e. The van der Waals surface area contributed by atoms with Gasteiger partial charge in [-0.3, -0.25) is 4.79 Å². The Morgan fingerprint density at radius 3 is 2.56 bits per heavy atom. The van der Waals surface area contributed by atoms with Crippen LogP contribution >= 0.6 is 0 Å². The number of H-pyrrole nitrogens is 1. The van der Waals surface area contributed by atoms with Crippen molar-refractivity contribution < 1.29 is 9.53 Å². The minimum atomic E-state index is -0.614. The Morgan fingerprint density at radius 2 is 1.80 bits per heavy atom. The number of carbonyl (C=O) groups is 1. The number of fused-ring (bicyclic) bond motifs is 1. The second-order valence-corrected chi connectivity index (χ2v) is 5.63. The Labute approximate surface area is 145 Å². The van der Waals surface area contributed by atoms with Crippen LogP contribution in [0, 0.1) is 0 Å². The van der Waals surface area contributed by atoms with E-state index in [0.717, 1.165) is 11.8 Å². The van der Waals surface area contributed by atoms with Crippen molar-refractivity contribution in [2.75, 3.05) is 18.5 Å². The molecule has 0 aliphatic heterocycles. The van der Waals surface area contributed by atoms with Crippen molar-refractivity contribution in [3.05, 3.63) is 76.1 Å². The lowest BCUT2D eigenvalue weighted by molar-refractivity contribution is 0.0525. The lowest BCUT2D eigenvalue weighted by atomic mass is 10.1. The Bertz CT molecular complexity index is 933. The number of carbonyl (C=O) groups excluding carboxylic acids is 1. The number of benzene rings is 2. The fourth-order valence-electron chi connectivity index (χ4n) is 2.80. The number of hydrogen-bond donors (Lipinski definition) is 2. The van der Waals surface area contributed by atoms with Crippen molar-refractivity contribution >= 4 is 22.6 Å². The van der Waals surface area contributed by atoms with E-state index in [1.807, 2.05) is 54.6 Å². The summed E-state index contributed by atoms with van der Waals surface area (Å²) in [5, 5.41) is 4.05. The molecule has 0 radical (unpaired) electrons. The summed E-state index contributed by atoms with van der Waals surface area (Å²) in [5.41, 5.74) is 1.96. The molecule has 1 heterocycles. The molecule has 0 saturated carbocycles. The number of aromatic nitrogens is 1. The van der Waals surface area contributed by atoms with Gasteiger partial charge < -0.3 is 15.0 Å². The van der Waals surface area contributed by atoms with Crippen LogP contribution in [-0.2, 0) is 11.2 Å². The minimum absolute atomic E-state index is 0.0219. The summed E-state index contributed by atoms with van der Waals surface area (Å²) in [6, 6.07) is 17.4. The quantitative estimate of drug-likeness (QED) is 0.677. The van der Waals surface area contributed by atoms with Gasteiger partial charge in [0, 0.05) is 11.9 Å². The van der Waals surface area contributed by atoms with E-state index in [9.17, 15) is 9.59 Å². The van der Waals surface area contributed by atoms with Crippen LogP contribution in [0.3, 0.4) is 0 Å². The minimum Gasteiger partial charge on any atom is -0.462 e. The van der Waals surface area contributed by atoms with Crippen LogP contribution in [0.25, 0.3) is 10.9 Å². The lowest BCUT2D eigenvalue weighted by Gasteiger charge is -2.14. The van der Waals surface area contributed by atoms with Gasteiger partial charge >= 0.3 is 5.97 Å². The zero-order chi connectivity index (χ0) is 17.6. The van der Waals surface area contributed by atoms with Crippen LogP contribution in [0.5, 0.6) is 0 Å². The molecule has 5 nitrogen and oxygen atoms in total. The van der Waals surface area contributed by atoms with Crippen molar-refractivity contribution in [2.24, 2.45) is 0 Å². The molecule has 2 aromatic carbocycles. The first kappa shape index (κ1) is 16.8. The smallest absolute Gasteiger partial charge is 0.345 e. The third-order valence-electron chi connectivity index (χ3n) is 3.96. The molecule has 0 amide bonds. The number of nitrogens with one attached hydrogen (secondary N) is 2. The number of anilines is 1. The summed E-state index contributed by atoms with van der Waals surface area (Å²) < 4.78 is 5.06. The maximum absolute atomic E-state index is 12.4. The second-order valence-electron chi connectivity index (χ2n) is 5.63. The van der Waals surface area contributed by atoms with Gasteiger partial charge in [0.1, 0.15) is 5.56 Å². The predicted octanol–water partition coefficient (Wildman–Crippen LogP) is 3.36. The second kappa shape index (κ2) is 7.66. The van der Waals surface area contributed by atoms with E-state index in [0.29, 0.717) is 17.7 Å². The van der Waals surface area contributed by atoms with Crippen LogP contribution in [-0.4, -0.2) is 24.1 Å². The molecule has 25 heavy (non-hydrogen) atoms. The Kier molecular flexibility index (Phi) is 5.14. The maximum atomic E-state index is 12.4. The molecular weight excluding hydrogens is 316 g/mol. The molecule has 128 valence electrons. The first-order valence-electron chi connectivity index (χ1n) is 8.30. The number of esters is 1. The third kappa shape index (κ3) is 3.71. The normalized spacial score (nSPS) is 10.6. The first-order valence-corrected chi connectivity index (χ1v) is 8.30. The summed E-state index contributed by atoms with van der Waals surface area (Å²) >= 11 is 0. The fraction of sp³-hybridized carbons (Fsp3) is 0.200. The van der Waals surface area contributed by atoms with Gasteiger partial charge in [0.25, 0.3) is 5.56 Å². The molecular formula is C20H20N2O3. The highest BCUT2D eigenvalue weighted by atomic mass is 16.5. The van der Waals surface area contributed by atoms with Gasteiger partial charge in [-0.05, 0) is 25.0 Å². The molecule has 3 aromatic rings. The lowest BCUT2D eigenvalue weighted by Crippen LogP contribution is -2.23. The summed E-state index contributed by atoms with van der Waals surface area (Å²) in [6.45, 7) is 2.54. The van der Waals surface area contributed by atoms with E-state index in [-0.39, 0.29) is 12.2 Å². The van der Waals surface area contributed by atoms with E-state index < -0.39 is 11.5 Å². The van der Waals surface area contributed by atoms with Gasteiger partial charge in [0.2, 0.25) is 0 Å². The molecule has 0 bridgehead atoms. The highest BCUT2D eigenvalue weighted by molar-refractivity contribution is 6.04. The molecule has 3 rings (SSSR count). The first-order chi connectivity index (χ1) is 12.2. The number of ether oxygens (including phenoxy) is 1. The van der Waals surface area contributed by atoms with E-state index in [1.165, 1.54) is 5.56 Å². The number of para-hydroxylation sites is 1. The van der Waals surface area contributed by atoms with Gasteiger partial charge in [-0.15, -0.1) is 0 Å². The van der Waals surface area contributed by atoms with Gasteiger partial charge in [-0.25, -0.2) is 4.79 Å². The molecule has 0 unspecified atom stereocenters. The SMILES string of the molecule is CCOC(=O)c1c(NCCc2ccccc2)c2ccccc2[nH]c1=O. The largest absolute Gasteiger partial charge is 0.462 e. The Morgan fingerprint density at radius 1 is 1.08 bits per heavy atom. The molecule has 0 aliphatic carbocycles. The zero-order valence-corrected chi connectivity index (χ0v) is 14.0. The van der Waals surface area contributed by atoms with Crippen molar-refractivity contribution in [1.29, 1.82) is 0 Å². The van der Waals surface area contributed by atoms with Gasteiger partial charge in [-0.2, -0.15) is 0 Å². The molecule has 0 spiro atoms. The molecule has 0 aliphatic rings. The van der Waals surface area contributed by atoms with E-state index in [2.05, 4.69) is 10.3 Å². The summed E-state index contributed by atoms with van der Waals surface area (Å²) in [5.74, 6) is -0.614. The molecule has 0 fully saturated rings. The van der Waals surface area contributed by atoms with E-state index >= 15 is 0 Å². The number of aromatic amines is 1. The van der Waals surface area contributed by atoms with E-state index in [4.69, 9.17) is 4.74 Å². The molecule has 0 atom stereocenters. The monoisotopic (exact) mass is 336 g/mol. The van der Waals surface area contributed by atoms with Crippen molar-refractivity contribution in [3.8, 4) is 0 Å². The van der Waals surface area contributed by atoms with E-state index in [1.54, 1.807) is 6.92 Å². The Balaban J connectivity index is 1.96. The van der Waals surface area contributed by atoms with Crippen LogP contribution in [0.4, 0.5) is 5.69 Å². The number of hydrogen-bond acceptors (Lipinski definition) is 4. The topological polar surface area (TPSA) is 71.2 Å². The summed E-state index contributed by atoms with van der Waals surface area (Å²) in [6.07, 6.45) is 0.782. The Hall–Kier alpha value is -3.08. The average molecular weight is 336 g/mol. The van der Waals surface area contributed by atoms with Crippen molar-refractivity contribution in [3.63, 3.8) is 0 Å². The number of pyridine rings is 1. The van der Waals surface area contributed by atoms with Crippen LogP contribution in [0.1, 0.15) is 22.8 Å². The van der Waals surface area contributed by atoms with Crippen LogP contribution in [0.2, 0.25) is 0 Å². The molecule has 1 aromatic heterocycles. The van der Waals surface area contributed by atoms with Crippen LogP contribution in [0.15, 0.2) is 59.4 Å². The van der Waals surface area contributed by atoms with Gasteiger partial charge in [0.15, 0.2) is 0 Å². The fourth-order valence-corrected chi connectivity index (χ4v) is 2.80. The van der Waals surface area contributed by atoms with Gasteiger partial charge in [-0.1, -0.05) is 48.5 Å². The van der Waals surface area contributed by atoms with Gasteiger partial charge in [0.05, 0.1) is 17.8 Å². The average Bonchev–Trinajstić information content (AvgIpc) is 2.62. The highest BCUT2D eigenvalue weighted by Crippen LogP contribution is 2.24. The summed E-state index contributed by atoms with van der Waals surface area (Å²) in [7, 11) is 0. The zero-order valence-electron chi connectivity index (χ0n) is 14.0. The third-order valence-corrected chi connectivity index (χ3v) is 3.96. The summed E-state index contributed by atoms with van der Waals surface area (Å²) in [4.78, 5) is 27.4. The van der Waals surface area contributed by atoms with Crippen LogP contribution < -0.4 is 10.9 Å². The van der Waals surface area contributed by atoms with Crippen molar-refractivity contribution in [1.82, 2.24) is 4.98 Å². The van der Waals surface area contributed by atoms with Crippen molar-refractivity contribution in [2.45, 2.75) is 13.3 Å². The predicted molar refractivity (Wildman–Crippen MR) is 99.2 cm³/mol. The number of rotatable bonds is 6. The molecule has 5 heteroatoms. The highest BCUT2D eigenvalue weighted by Gasteiger charge is 2.20. The molecule has 2 N–H and O–H groups in total.